The van der Waals surface area contributed by atoms with Gasteiger partial charge in [0, 0.05) is 6.04 Å². The molecule has 4 rings (SSSR count). The molecule has 0 radical (unpaired) electrons. The van der Waals surface area contributed by atoms with E-state index in [9.17, 15) is 19.2 Å². The number of carboxylic acids is 1. The standard InChI is InChI=1S/C25H24N2O7/c1-33-21-13-15(9-10-20(21)34-14-16-5-4-6-17(11-16)24(30)31)12-19-22(28)26-25(32)27(23(19)29)18-7-2-3-8-18/h4-6,9-13,18H,2-3,7-8,14H2,1H3,(H,30,31)(H,26,28,32)/b19-12+. The molecule has 1 saturated carbocycles. The van der Waals surface area contributed by atoms with Gasteiger partial charge in [0.05, 0.1) is 12.7 Å². The van der Waals surface area contributed by atoms with E-state index in [4.69, 9.17) is 14.6 Å². The van der Waals surface area contributed by atoms with E-state index < -0.39 is 23.8 Å². The van der Waals surface area contributed by atoms with Crippen LogP contribution >= 0.6 is 0 Å². The number of imide groups is 2. The number of amides is 4. The Morgan fingerprint density at radius 3 is 2.59 bits per heavy atom. The Bertz CT molecular complexity index is 1180. The van der Waals surface area contributed by atoms with E-state index >= 15 is 0 Å². The molecular formula is C25H24N2O7. The minimum atomic E-state index is -1.02. The summed E-state index contributed by atoms with van der Waals surface area (Å²) in [6.45, 7) is 0.122. The number of rotatable bonds is 7. The second-order valence-electron chi connectivity index (χ2n) is 8.14. The number of urea groups is 1. The lowest BCUT2D eigenvalue weighted by molar-refractivity contribution is -0.131. The van der Waals surface area contributed by atoms with Gasteiger partial charge in [-0.15, -0.1) is 0 Å². The van der Waals surface area contributed by atoms with Crippen molar-refractivity contribution in [3.8, 4) is 11.5 Å². The lowest BCUT2D eigenvalue weighted by atomic mass is 10.0. The van der Waals surface area contributed by atoms with Crippen molar-refractivity contribution in [3.63, 3.8) is 0 Å². The molecule has 2 N–H and O–H groups in total. The van der Waals surface area contributed by atoms with Crippen LogP contribution in [-0.2, 0) is 16.2 Å². The molecule has 34 heavy (non-hydrogen) atoms. The van der Waals surface area contributed by atoms with Crippen molar-refractivity contribution in [2.45, 2.75) is 38.3 Å². The van der Waals surface area contributed by atoms with Crippen LogP contribution in [0.5, 0.6) is 11.5 Å². The molecule has 2 aliphatic rings. The Hall–Kier alpha value is -4.14. The number of carbonyl (C=O) groups excluding carboxylic acids is 3. The van der Waals surface area contributed by atoms with Crippen LogP contribution in [0.4, 0.5) is 4.79 Å². The van der Waals surface area contributed by atoms with E-state index in [1.54, 1.807) is 30.3 Å². The smallest absolute Gasteiger partial charge is 0.335 e. The largest absolute Gasteiger partial charge is 0.493 e. The summed E-state index contributed by atoms with van der Waals surface area (Å²) in [6, 6.07) is 10.5. The maximum absolute atomic E-state index is 13.0. The van der Waals surface area contributed by atoms with Crippen molar-refractivity contribution in [2.24, 2.45) is 0 Å². The predicted octanol–water partition coefficient (Wildman–Crippen LogP) is 3.38. The summed E-state index contributed by atoms with van der Waals surface area (Å²) in [7, 11) is 1.46. The zero-order valence-electron chi connectivity index (χ0n) is 18.6. The van der Waals surface area contributed by atoms with Crippen molar-refractivity contribution in [2.75, 3.05) is 7.11 Å². The van der Waals surface area contributed by atoms with Crippen molar-refractivity contribution in [1.82, 2.24) is 10.2 Å². The number of hydrogen-bond acceptors (Lipinski definition) is 6. The highest BCUT2D eigenvalue weighted by Crippen LogP contribution is 2.31. The monoisotopic (exact) mass is 464 g/mol. The number of ether oxygens (including phenoxy) is 2. The second kappa shape index (κ2) is 9.78. The van der Waals surface area contributed by atoms with E-state index in [0.29, 0.717) is 22.6 Å². The van der Waals surface area contributed by atoms with Crippen LogP contribution in [0.2, 0.25) is 0 Å². The molecule has 2 fully saturated rings. The molecular weight excluding hydrogens is 440 g/mol. The van der Waals surface area contributed by atoms with Gasteiger partial charge in [-0.25, -0.2) is 9.59 Å². The lowest BCUT2D eigenvalue weighted by Crippen LogP contribution is -2.57. The number of aromatic carboxylic acids is 1. The highest BCUT2D eigenvalue weighted by atomic mass is 16.5. The quantitative estimate of drug-likeness (QED) is 0.476. The van der Waals surface area contributed by atoms with Crippen molar-refractivity contribution in [3.05, 3.63) is 64.7 Å². The van der Waals surface area contributed by atoms with Crippen molar-refractivity contribution in [1.29, 1.82) is 0 Å². The van der Waals surface area contributed by atoms with E-state index in [1.807, 2.05) is 0 Å². The summed E-state index contributed by atoms with van der Waals surface area (Å²) in [5, 5.41) is 11.4. The van der Waals surface area contributed by atoms with Crippen LogP contribution in [0.3, 0.4) is 0 Å². The number of barbiturate groups is 1. The fourth-order valence-corrected chi connectivity index (χ4v) is 4.18. The zero-order chi connectivity index (χ0) is 24.2. The van der Waals surface area contributed by atoms with Gasteiger partial charge in [-0.05, 0) is 54.3 Å². The molecule has 176 valence electrons. The molecule has 2 aromatic carbocycles. The minimum Gasteiger partial charge on any atom is -0.493 e. The molecule has 1 aliphatic carbocycles. The SMILES string of the molecule is COc1cc(/C=C2\C(=O)NC(=O)N(C3CCCC3)C2=O)ccc1OCc1cccc(C(=O)O)c1. The van der Waals surface area contributed by atoms with E-state index in [-0.39, 0.29) is 23.8 Å². The van der Waals surface area contributed by atoms with Gasteiger partial charge in [-0.3, -0.25) is 19.8 Å². The lowest BCUT2D eigenvalue weighted by Gasteiger charge is -2.31. The first-order chi connectivity index (χ1) is 16.4. The van der Waals surface area contributed by atoms with Gasteiger partial charge in [0.15, 0.2) is 11.5 Å². The van der Waals surface area contributed by atoms with Gasteiger partial charge in [0.25, 0.3) is 11.8 Å². The minimum absolute atomic E-state index is 0.118. The van der Waals surface area contributed by atoms with Crippen molar-refractivity contribution >= 4 is 29.9 Å². The molecule has 4 amide bonds. The summed E-state index contributed by atoms with van der Waals surface area (Å²) in [5.74, 6) is -1.57. The number of nitrogens with one attached hydrogen (secondary N) is 1. The van der Waals surface area contributed by atoms with Gasteiger partial charge < -0.3 is 14.6 Å². The summed E-state index contributed by atoms with van der Waals surface area (Å²) in [4.78, 5) is 49.9. The second-order valence-corrected chi connectivity index (χ2v) is 8.14. The topological polar surface area (TPSA) is 122 Å². The molecule has 1 aliphatic heterocycles. The Morgan fingerprint density at radius 2 is 1.88 bits per heavy atom. The molecule has 0 aromatic heterocycles. The van der Waals surface area contributed by atoms with Crippen LogP contribution in [0.25, 0.3) is 6.08 Å². The Labute approximate surface area is 196 Å². The van der Waals surface area contributed by atoms with Crippen LogP contribution in [0.1, 0.15) is 47.2 Å². The summed E-state index contributed by atoms with van der Waals surface area (Å²) >= 11 is 0. The number of benzene rings is 2. The Kier molecular flexibility index (Phi) is 6.62. The van der Waals surface area contributed by atoms with Crippen LogP contribution < -0.4 is 14.8 Å². The van der Waals surface area contributed by atoms with Crippen LogP contribution in [0.15, 0.2) is 48.0 Å². The van der Waals surface area contributed by atoms with Crippen LogP contribution in [-0.4, -0.2) is 47.0 Å². The molecule has 9 nitrogen and oxygen atoms in total. The number of hydrogen-bond donors (Lipinski definition) is 2. The van der Waals surface area contributed by atoms with E-state index in [1.165, 1.54) is 25.3 Å². The van der Waals surface area contributed by atoms with Crippen LogP contribution in [0, 0.1) is 0 Å². The highest BCUT2D eigenvalue weighted by Gasteiger charge is 2.40. The van der Waals surface area contributed by atoms with E-state index in [0.717, 1.165) is 30.6 Å². The predicted molar refractivity (Wildman–Crippen MR) is 121 cm³/mol. The van der Waals surface area contributed by atoms with Gasteiger partial charge in [0.1, 0.15) is 12.2 Å². The first-order valence-corrected chi connectivity index (χ1v) is 10.9. The van der Waals surface area contributed by atoms with E-state index in [2.05, 4.69) is 5.32 Å². The number of nitrogens with zero attached hydrogens (tertiary/aromatic N) is 1. The Morgan fingerprint density at radius 1 is 1.12 bits per heavy atom. The average molecular weight is 464 g/mol. The fraction of sp³-hybridized carbons (Fsp3) is 0.280. The number of methoxy groups -OCH3 is 1. The molecule has 0 spiro atoms. The molecule has 0 unspecified atom stereocenters. The molecule has 1 saturated heterocycles. The summed E-state index contributed by atoms with van der Waals surface area (Å²) < 4.78 is 11.2. The van der Waals surface area contributed by atoms with Gasteiger partial charge in [0.2, 0.25) is 0 Å². The normalized spacial score (nSPS) is 17.7. The molecule has 0 bridgehead atoms. The molecule has 2 aromatic rings. The highest BCUT2D eigenvalue weighted by molar-refractivity contribution is 6.31. The molecule has 1 heterocycles. The fourth-order valence-electron chi connectivity index (χ4n) is 4.18. The third kappa shape index (κ3) is 4.78. The average Bonchev–Trinajstić information content (AvgIpc) is 3.35. The Balaban J connectivity index is 1.54. The maximum Gasteiger partial charge on any atom is 0.335 e. The number of carbonyl (C=O) groups is 4. The third-order valence-corrected chi connectivity index (χ3v) is 5.89. The van der Waals surface area contributed by atoms with Gasteiger partial charge in [-0.2, -0.15) is 0 Å². The first-order valence-electron chi connectivity index (χ1n) is 10.9. The van der Waals surface area contributed by atoms with Gasteiger partial charge in [-0.1, -0.05) is 31.0 Å². The third-order valence-electron chi connectivity index (χ3n) is 5.89. The molecule has 9 heteroatoms. The summed E-state index contributed by atoms with van der Waals surface area (Å²) in [5.41, 5.74) is 1.24. The van der Waals surface area contributed by atoms with Gasteiger partial charge >= 0.3 is 12.0 Å². The maximum atomic E-state index is 13.0. The zero-order valence-corrected chi connectivity index (χ0v) is 18.6. The van der Waals surface area contributed by atoms with Crippen molar-refractivity contribution < 1.29 is 33.8 Å². The number of carboxylic acid groups (broad SMARTS) is 1. The molecule has 0 atom stereocenters. The first kappa shape index (κ1) is 23.0. The summed E-state index contributed by atoms with van der Waals surface area (Å²) in [6.07, 6.45) is 4.77.